The summed E-state index contributed by atoms with van der Waals surface area (Å²) in [6, 6.07) is 14.8. The predicted molar refractivity (Wildman–Crippen MR) is 135 cm³/mol. The van der Waals surface area contributed by atoms with Gasteiger partial charge in [-0.25, -0.2) is 4.79 Å². The molecule has 0 unspecified atom stereocenters. The molecule has 2 fully saturated rings. The van der Waals surface area contributed by atoms with Crippen molar-refractivity contribution in [3.8, 4) is 11.5 Å². The van der Waals surface area contributed by atoms with E-state index in [1.807, 2.05) is 24.3 Å². The van der Waals surface area contributed by atoms with Crippen LogP contribution < -0.4 is 20.1 Å². The summed E-state index contributed by atoms with van der Waals surface area (Å²) in [6.07, 6.45) is 5.43. The normalized spacial score (nSPS) is 24.3. The number of carboxylic acids is 1. The molecule has 7 nitrogen and oxygen atoms in total. The van der Waals surface area contributed by atoms with Crippen LogP contribution in [0.2, 0.25) is 0 Å². The molecule has 2 aliphatic rings. The van der Waals surface area contributed by atoms with Gasteiger partial charge < -0.3 is 30.0 Å². The molecular formula is C28H38N2O5. The molecule has 0 aromatic heterocycles. The molecule has 190 valence electrons. The number of carbonyl (C=O) groups is 1. The lowest BCUT2D eigenvalue weighted by atomic mass is 9.80. The molecule has 1 heterocycles. The Labute approximate surface area is 208 Å². The Kier molecular flexibility index (Phi) is 9.01. The number of rotatable bonds is 11. The van der Waals surface area contributed by atoms with Gasteiger partial charge in [0.2, 0.25) is 0 Å². The number of carboxylic acid groups (broad SMARTS) is 1. The monoisotopic (exact) mass is 482 g/mol. The highest BCUT2D eigenvalue weighted by Gasteiger charge is 2.30. The van der Waals surface area contributed by atoms with E-state index in [1.54, 1.807) is 7.11 Å². The number of ether oxygens (including phenoxy) is 3. The Morgan fingerprint density at radius 1 is 1.09 bits per heavy atom. The lowest BCUT2D eigenvalue weighted by Crippen LogP contribution is -2.44. The van der Waals surface area contributed by atoms with E-state index in [-0.39, 0.29) is 12.7 Å². The van der Waals surface area contributed by atoms with Crippen LogP contribution in [0.4, 0.5) is 0 Å². The molecule has 0 spiro atoms. The summed E-state index contributed by atoms with van der Waals surface area (Å²) in [5, 5.41) is 16.3. The van der Waals surface area contributed by atoms with Crippen molar-refractivity contribution in [3.05, 3.63) is 59.2 Å². The van der Waals surface area contributed by atoms with Gasteiger partial charge in [-0.05, 0) is 80.8 Å². The Hall–Kier alpha value is -2.61. The predicted octanol–water partition coefficient (Wildman–Crippen LogP) is 4.03. The minimum Gasteiger partial charge on any atom is -0.497 e. The maximum absolute atomic E-state index is 11.0. The van der Waals surface area contributed by atoms with E-state index in [0.29, 0.717) is 30.4 Å². The number of methoxy groups -OCH3 is 1. The topological polar surface area (TPSA) is 89.0 Å². The molecule has 3 N–H and O–H groups in total. The van der Waals surface area contributed by atoms with Crippen LogP contribution in [-0.4, -0.2) is 56.1 Å². The summed E-state index contributed by atoms with van der Waals surface area (Å²) in [5.41, 5.74) is 3.57. The molecular weight excluding hydrogens is 444 g/mol. The van der Waals surface area contributed by atoms with E-state index in [9.17, 15) is 4.79 Å². The highest BCUT2D eigenvalue weighted by molar-refractivity contribution is 5.68. The molecule has 0 amide bonds. The summed E-state index contributed by atoms with van der Waals surface area (Å²) in [7, 11) is 1.69. The maximum Gasteiger partial charge on any atom is 0.341 e. The second kappa shape index (κ2) is 12.4. The fourth-order valence-electron chi connectivity index (χ4n) is 5.38. The SMILES string of the molecule is COc1ccc(CN[C@H]2CCN[C@H]2COC2CCC(c3c(C)cccc3OCC(=O)O)CC2)cc1. The molecule has 0 bridgehead atoms. The van der Waals surface area contributed by atoms with Gasteiger partial charge in [0.1, 0.15) is 11.5 Å². The van der Waals surface area contributed by atoms with Crippen LogP contribution in [0.15, 0.2) is 42.5 Å². The van der Waals surface area contributed by atoms with Gasteiger partial charge in [-0.15, -0.1) is 0 Å². The van der Waals surface area contributed by atoms with Crippen LogP contribution in [0.1, 0.15) is 54.7 Å². The Balaban J connectivity index is 1.24. The van der Waals surface area contributed by atoms with Gasteiger partial charge in [0.15, 0.2) is 6.61 Å². The third kappa shape index (κ3) is 6.97. The molecule has 2 atom stereocenters. The van der Waals surface area contributed by atoms with Gasteiger partial charge in [-0.3, -0.25) is 0 Å². The molecule has 1 aliphatic heterocycles. The average molecular weight is 483 g/mol. The molecule has 4 rings (SSSR count). The Morgan fingerprint density at radius 3 is 2.57 bits per heavy atom. The van der Waals surface area contributed by atoms with Gasteiger partial charge in [-0.1, -0.05) is 24.3 Å². The van der Waals surface area contributed by atoms with Crippen LogP contribution in [0.25, 0.3) is 0 Å². The van der Waals surface area contributed by atoms with Crippen molar-refractivity contribution in [2.24, 2.45) is 0 Å². The van der Waals surface area contributed by atoms with Crippen LogP contribution in [0.3, 0.4) is 0 Å². The lowest BCUT2D eigenvalue weighted by Gasteiger charge is -2.32. The molecule has 2 aromatic rings. The summed E-state index contributed by atoms with van der Waals surface area (Å²) < 4.78 is 17.2. The molecule has 1 saturated heterocycles. The lowest BCUT2D eigenvalue weighted by molar-refractivity contribution is -0.139. The second-order valence-electron chi connectivity index (χ2n) is 9.66. The third-order valence-corrected chi connectivity index (χ3v) is 7.30. The maximum atomic E-state index is 11.0. The number of aliphatic carboxylic acids is 1. The van der Waals surface area contributed by atoms with E-state index in [0.717, 1.165) is 62.1 Å². The van der Waals surface area contributed by atoms with Gasteiger partial charge in [-0.2, -0.15) is 0 Å². The minimum absolute atomic E-state index is 0.267. The zero-order valence-corrected chi connectivity index (χ0v) is 20.8. The number of hydrogen-bond donors (Lipinski definition) is 3. The first kappa shape index (κ1) is 25.5. The summed E-state index contributed by atoms with van der Waals surface area (Å²) in [4.78, 5) is 11.0. The first-order chi connectivity index (χ1) is 17.0. The quantitative estimate of drug-likeness (QED) is 0.446. The van der Waals surface area contributed by atoms with Crippen LogP contribution in [-0.2, 0) is 16.1 Å². The standard InChI is InChI=1S/C28H38N2O5/c1-19-4-3-5-26(35-18-27(31)32)28(19)21-8-12-23(13-9-21)34-17-25-24(14-15-29-25)30-16-20-6-10-22(33-2)11-7-20/h3-7,10-11,21,23-25,29-30H,8-9,12-18H2,1-2H3,(H,31,32)/t21?,23?,24-,25-/m0/s1. The molecule has 1 aliphatic carbocycles. The Morgan fingerprint density at radius 2 is 1.86 bits per heavy atom. The van der Waals surface area contributed by atoms with Gasteiger partial charge >= 0.3 is 5.97 Å². The van der Waals surface area contributed by atoms with Crippen LogP contribution >= 0.6 is 0 Å². The van der Waals surface area contributed by atoms with Gasteiger partial charge in [0.25, 0.3) is 0 Å². The van der Waals surface area contributed by atoms with E-state index < -0.39 is 5.97 Å². The number of benzene rings is 2. The largest absolute Gasteiger partial charge is 0.497 e. The van der Waals surface area contributed by atoms with E-state index >= 15 is 0 Å². The zero-order valence-electron chi connectivity index (χ0n) is 20.8. The molecule has 7 heteroatoms. The number of nitrogens with one attached hydrogen (secondary N) is 2. The molecule has 2 aromatic carbocycles. The number of aryl methyl sites for hydroxylation is 1. The van der Waals surface area contributed by atoms with Crippen molar-refractivity contribution in [3.63, 3.8) is 0 Å². The molecule has 35 heavy (non-hydrogen) atoms. The third-order valence-electron chi connectivity index (χ3n) is 7.30. The minimum atomic E-state index is -0.952. The fraction of sp³-hybridized carbons (Fsp3) is 0.536. The highest BCUT2D eigenvalue weighted by atomic mass is 16.5. The summed E-state index contributed by atoms with van der Waals surface area (Å²) in [5.74, 6) is 1.01. The van der Waals surface area contributed by atoms with Crippen molar-refractivity contribution in [1.82, 2.24) is 10.6 Å². The zero-order chi connectivity index (χ0) is 24.6. The summed E-state index contributed by atoms with van der Waals surface area (Å²) >= 11 is 0. The fourth-order valence-corrected chi connectivity index (χ4v) is 5.38. The van der Waals surface area contributed by atoms with Crippen molar-refractivity contribution < 1.29 is 24.1 Å². The second-order valence-corrected chi connectivity index (χ2v) is 9.66. The van der Waals surface area contributed by atoms with E-state index in [2.05, 4.69) is 35.8 Å². The van der Waals surface area contributed by atoms with Crippen molar-refractivity contribution in [1.29, 1.82) is 0 Å². The molecule has 1 saturated carbocycles. The summed E-state index contributed by atoms with van der Waals surface area (Å²) in [6.45, 7) is 4.33. The smallest absolute Gasteiger partial charge is 0.341 e. The average Bonchev–Trinajstić information content (AvgIpc) is 3.33. The van der Waals surface area contributed by atoms with Crippen molar-refractivity contribution in [2.45, 2.75) is 69.7 Å². The molecule has 0 radical (unpaired) electrons. The van der Waals surface area contributed by atoms with Gasteiger partial charge in [0, 0.05) is 24.2 Å². The van der Waals surface area contributed by atoms with Crippen molar-refractivity contribution in [2.75, 3.05) is 26.9 Å². The van der Waals surface area contributed by atoms with E-state index in [4.69, 9.17) is 19.3 Å². The first-order valence-corrected chi connectivity index (χ1v) is 12.7. The number of hydrogen-bond acceptors (Lipinski definition) is 6. The van der Waals surface area contributed by atoms with Crippen LogP contribution in [0, 0.1) is 6.92 Å². The van der Waals surface area contributed by atoms with Crippen LogP contribution in [0.5, 0.6) is 11.5 Å². The Bertz CT molecular complexity index is 956. The van der Waals surface area contributed by atoms with E-state index in [1.165, 1.54) is 5.56 Å². The van der Waals surface area contributed by atoms with Gasteiger partial charge in [0.05, 0.1) is 19.8 Å². The highest BCUT2D eigenvalue weighted by Crippen LogP contribution is 2.40. The van der Waals surface area contributed by atoms with Crippen molar-refractivity contribution >= 4 is 5.97 Å². The first-order valence-electron chi connectivity index (χ1n) is 12.7.